The number of unbranched alkanes of at least 4 members (excludes halogenated alkanes) is 1. The molecule has 0 N–H and O–H groups in total. The van der Waals surface area contributed by atoms with Crippen molar-refractivity contribution in [2.45, 2.75) is 90.5 Å². The van der Waals surface area contributed by atoms with Crippen molar-refractivity contribution in [2.24, 2.45) is 34.5 Å². The van der Waals surface area contributed by atoms with E-state index in [4.69, 9.17) is 5.26 Å². The number of hydrogen-bond acceptors (Lipinski definition) is 2. The van der Waals surface area contributed by atoms with Gasteiger partial charge in [0.15, 0.2) is 0 Å². The van der Waals surface area contributed by atoms with Gasteiger partial charge in [-0.3, -0.25) is 4.79 Å². The first-order chi connectivity index (χ1) is 12.4. The fraction of sp³-hybridized carbons (Fsp3) is 0.913. The van der Waals surface area contributed by atoms with Crippen molar-refractivity contribution in [3.05, 3.63) is 0 Å². The number of fused-ring (bicyclic) bond motifs is 5. The third kappa shape index (κ3) is 2.54. The Hall–Kier alpha value is -1.04. The second kappa shape index (κ2) is 6.54. The Morgan fingerprint density at radius 3 is 2.62 bits per heavy atom. The molecular weight excluding hydrogens is 320 g/mol. The van der Waals surface area contributed by atoms with Gasteiger partial charge >= 0.3 is 0 Å². The van der Waals surface area contributed by atoms with Gasteiger partial charge in [-0.15, -0.1) is 0 Å². The van der Waals surface area contributed by atoms with E-state index in [1.54, 1.807) is 0 Å². The summed E-state index contributed by atoms with van der Waals surface area (Å²) in [5, 5.41) is 8.89. The summed E-state index contributed by atoms with van der Waals surface area (Å²) >= 11 is 0. The molecule has 144 valence electrons. The average molecular weight is 357 g/mol. The van der Waals surface area contributed by atoms with Gasteiger partial charge in [-0.05, 0) is 92.3 Å². The highest BCUT2D eigenvalue weighted by molar-refractivity contribution is 5.77. The zero-order valence-electron chi connectivity index (χ0n) is 17.0. The molecule has 4 aliphatic rings. The van der Waals surface area contributed by atoms with Crippen LogP contribution in [0.5, 0.6) is 0 Å². The highest BCUT2D eigenvalue weighted by Crippen LogP contribution is 2.66. The van der Waals surface area contributed by atoms with E-state index >= 15 is 0 Å². The number of carbonyl (C=O) groups excluding carboxylic acids is 1. The molecule has 1 saturated heterocycles. The number of nitrogens with zero attached hydrogens (tertiary/aromatic N) is 2. The van der Waals surface area contributed by atoms with Crippen LogP contribution in [0.2, 0.25) is 0 Å². The first-order valence-corrected chi connectivity index (χ1v) is 11.0. The second-order valence-corrected chi connectivity index (χ2v) is 10.3. The molecule has 4 rings (SSSR count). The predicted molar refractivity (Wildman–Crippen MR) is 103 cm³/mol. The number of rotatable bonds is 3. The lowest BCUT2D eigenvalue weighted by atomic mass is 9.46. The normalized spacial score (nSPS) is 47.7. The minimum absolute atomic E-state index is 0.339. The minimum Gasteiger partial charge on any atom is -0.342 e. The van der Waals surface area contributed by atoms with Gasteiger partial charge < -0.3 is 4.90 Å². The highest BCUT2D eigenvalue weighted by atomic mass is 16.2. The summed E-state index contributed by atoms with van der Waals surface area (Å²) in [4.78, 5) is 14.4. The van der Waals surface area contributed by atoms with Crippen LogP contribution in [-0.4, -0.2) is 23.9 Å². The van der Waals surface area contributed by atoms with Crippen molar-refractivity contribution < 1.29 is 4.79 Å². The lowest BCUT2D eigenvalue weighted by molar-refractivity contribution is -0.158. The lowest BCUT2D eigenvalue weighted by Gasteiger charge is -2.62. The first kappa shape index (κ1) is 18.3. The topological polar surface area (TPSA) is 44.1 Å². The fourth-order valence-electron chi connectivity index (χ4n) is 8.16. The standard InChI is InChI=1S/C23H36N2O/c1-22-13-11-19-17(18(22)9-7-16(22)6-4-5-15-24)8-10-20-23(19,2)14-12-21(26)25(20)3/h16-20H,4-14H2,1-3H3/t16-,17-,18-,19-,20+,22+,23+/m0/s1. The van der Waals surface area contributed by atoms with Crippen LogP contribution in [0.3, 0.4) is 0 Å². The molecule has 26 heavy (non-hydrogen) atoms. The van der Waals surface area contributed by atoms with Crippen molar-refractivity contribution in [2.75, 3.05) is 7.05 Å². The fourth-order valence-corrected chi connectivity index (χ4v) is 8.16. The summed E-state index contributed by atoms with van der Waals surface area (Å²) < 4.78 is 0. The number of carbonyl (C=O) groups is 1. The maximum Gasteiger partial charge on any atom is 0.222 e. The van der Waals surface area contributed by atoms with Crippen LogP contribution in [0.1, 0.15) is 84.5 Å². The Kier molecular flexibility index (Phi) is 4.61. The zero-order valence-corrected chi connectivity index (χ0v) is 17.0. The van der Waals surface area contributed by atoms with Crippen LogP contribution in [0.25, 0.3) is 0 Å². The van der Waals surface area contributed by atoms with E-state index in [9.17, 15) is 4.79 Å². The van der Waals surface area contributed by atoms with Gasteiger partial charge in [0.05, 0.1) is 6.07 Å². The van der Waals surface area contributed by atoms with Gasteiger partial charge in [-0.2, -0.15) is 5.26 Å². The van der Waals surface area contributed by atoms with E-state index < -0.39 is 0 Å². The molecule has 1 aliphatic heterocycles. The monoisotopic (exact) mass is 356 g/mol. The van der Waals surface area contributed by atoms with Crippen molar-refractivity contribution in [1.82, 2.24) is 4.90 Å². The molecule has 0 aromatic rings. The third-order valence-corrected chi connectivity index (χ3v) is 9.59. The maximum atomic E-state index is 12.3. The van der Waals surface area contributed by atoms with Gasteiger partial charge in [0.1, 0.15) is 0 Å². The van der Waals surface area contributed by atoms with E-state index in [1.807, 2.05) is 0 Å². The minimum atomic E-state index is 0.339. The second-order valence-electron chi connectivity index (χ2n) is 10.3. The zero-order chi connectivity index (χ0) is 18.5. The molecule has 3 aliphatic carbocycles. The smallest absolute Gasteiger partial charge is 0.222 e. The molecule has 3 saturated carbocycles. The summed E-state index contributed by atoms with van der Waals surface area (Å²) in [6.45, 7) is 5.10. The van der Waals surface area contributed by atoms with E-state index in [-0.39, 0.29) is 0 Å². The first-order valence-electron chi connectivity index (χ1n) is 11.0. The van der Waals surface area contributed by atoms with Crippen LogP contribution >= 0.6 is 0 Å². The van der Waals surface area contributed by atoms with Crippen LogP contribution in [0, 0.1) is 45.8 Å². The van der Waals surface area contributed by atoms with Crippen molar-refractivity contribution >= 4 is 5.91 Å². The van der Waals surface area contributed by atoms with E-state index in [0.29, 0.717) is 22.8 Å². The summed E-state index contributed by atoms with van der Waals surface area (Å²) in [7, 11) is 2.05. The molecule has 3 heteroatoms. The molecule has 1 amide bonds. The van der Waals surface area contributed by atoms with Crippen LogP contribution < -0.4 is 0 Å². The van der Waals surface area contributed by atoms with Crippen molar-refractivity contribution in [3.8, 4) is 6.07 Å². The SMILES string of the molecule is CN1C(=O)CC[C@]2(C)[C@H]3CC[C@]4(C)[C@@H](CCCC#N)CC[C@H]4[C@@H]3CC[C@@H]12. The molecule has 0 spiro atoms. The Balaban J connectivity index is 1.54. The summed E-state index contributed by atoms with van der Waals surface area (Å²) in [5.41, 5.74) is 0.849. The molecular formula is C23H36N2O. The molecule has 0 radical (unpaired) electrons. The number of hydrogen-bond donors (Lipinski definition) is 0. The Bertz CT molecular complexity index is 610. The number of likely N-dealkylation sites (tertiary alicyclic amines) is 1. The number of nitriles is 1. The van der Waals surface area contributed by atoms with Crippen molar-refractivity contribution in [3.63, 3.8) is 0 Å². The predicted octanol–water partition coefficient (Wildman–Crippen LogP) is 5.16. The van der Waals surface area contributed by atoms with Crippen molar-refractivity contribution in [1.29, 1.82) is 5.26 Å². The number of piperidine rings is 1. The maximum absolute atomic E-state index is 12.3. The average Bonchev–Trinajstić information content (AvgIpc) is 2.96. The molecule has 7 atom stereocenters. The highest BCUT2D eigenvalue weighted by Gasteiger charge is 2.60. The molecule has 0 aromatic carbocycles. The van der Waals surface area contributed by atoms with E-state index in [0.717, 1.165) is 49.4 Å². The van der Waals surface area contributed by atoms with Gasteiger partial charge in [-0.25, -0.2) is 0 Å². The largest absolute Gasteiger partial charge is 0.342 e. The van der Waals surface area contributed by atoms with Gasteiger partial charge in [-0.1, -0.05) is 13.8 Å². The Labute approximate surface area is 159 Å². The molecule has 0 aromatic heterocycles. The summed E-state index contributed by atoms with van der Waals surface area (Å²) in [5.74, 6) is 3.77. The van der Waals surface area contributed by atoms with E-state index in [2.05, 4.69) is 31.9 Å². The Morgan fingerprint density at radius 1 is 1.08 bits per heavy atom. The molecule has 4 fully saturated rings. The van der Waals surface area contributed by atoms with Crippen LogP contribution in [0.15, 0.2) is 0 Å². The molecule has 0 unspecified atom stereocenters. The molecule has 0 bridgehead atoms. The number of amides is 1. The summed E-state index contributed by atoms with van der Waals surface area (Å²) in [6.07, 6.45) is 13.0. The van der Waals surface area contributed by atoms with Gasteiger partial charge in [0.2, 0.25) is 5.91 Å². The Morgan fingerprint density at radius 2 is 1.85 bits per heavy atom. The van der Waals surface area contributed by atoms with Crippen LogP contribution in [0.4, 0.5) is 0 Å². The van der Waals surface area contributed by atoms with Crippen LogP contribution in [-0.2, 0) is 4.79 Å². The molecule has 1 heterocycles. The quantitative estimate of drug-likeness (QED) is 0.656. The van der Waals surface area contributed by atoms with Gasteiger partial charge in [0, 0.05) is 25.9 Å². The third-order valence-electron chi connectivity index (χ3n) is 9.59. The lowest BCUT2D eigenvalue weighted by Crippen LogP contribution is -2.61. The van der Waals surface area contributed by atoms with Gasteiger partial charge in [0.25, 0.3) is 0 Å². The van der Waals surface area contributed by atoms with E-state index in [1.165, 1.54) is 44.9 Å². The molecule has 3 nitrogen and oxygen atoms in total. The summed E-state index contributed by atoms with van der Waals surface area (Å²) in [6, 6.07) is 2.81.